The first-order chi connectivity index (χ1) is 35.8. The zero-order valence-electron chi connectivity index (χ0n) is 41.9. The van der Waals surface area contributed by atoms with Crippen molar-refractivity contribution < 1.29 is 49.8 Å². The van der Waals surface area contributed by atoms with Gasteiger partial charge >= 0.3 is 7.12 Å². The smallest absolute Gasteiger partial charge is 0.483 e. The summed E-state index contributed by atoms with van der Waals surface area (Å²) in [6.45, 7) is 7.12. The molecule has 0 radical (unpaired) electrons. The Morgan fingerprint density at radius 2 is 1.03 bits per heavy atom. The number of nitrogens with one attached hydrogen (secondary N) is 2. The highest BCUT2D eigenvalue weighted by molar-refractivity contribution is 9.10. The summed E-state index contributed by atoms with van der Waals surface area (Å²) in [6, 6.07) is 14.9. The number of nitrogen functional groups attached to an aromatic ring is 3. The van der Waals surface area contributed by atoms with Crippen LogP contribution >= 0.6 is 31.9 Å². The number of guanidine groups is 1. The fourth-order valence-electron chi connectivity index (χ4n) is 5.54. The minimum absolute atomic E-state index is 0.00102. The molecule has 16 N–H and O–H groups in total. The topological polar surface area (TPSA) is 507 Å². The molecule has 7 aromatic rings. The number of nitro groups is 3. The van der Waals surface area contributed by atoms with Crippen molar-refractivity contribution in [2.45, 2.75) is 27.7 Å². The second kappa shape index (κ2) is 33.3. The van der Waals surface area contributed by atoms with E-state index in [-0.39, 0.29) is 29.5 Å². The standard InChI is InChI=1S/C12H12N4O3.C11H12N4O2.C7H7BrN2O2.C7H8BrN.C4H7BN2O2.CH5N3.CH2O2.HNO3/c1-8-3-10(9-5-14-15(2)6-9)12(16(18)19)4-11(8)13-7-17;1-7-3-9(8-5-13-14(2)6-8)11(15(16)17)4-10(7)12;1-4-2-5(8)7(10(11)12)3-6(4)9;1-5-4-6(8)2-3-7(5)9;1-7-3-4(2-6-7)5(8)9;2-1(3)4;2-1-3;2-1(3)4/h3-7H,1-2H3,(H,13,17);3-6H,12H2,1-2H3;2-3H,9H2,1H3;2-4H,9H2,1H3;2-3,8-9H,1H3;(H5,2,3,4);1H,(H,2,3);(H,2,3,4). The van der Waals surface area contributed by atoms with E-state index in [1.807, 2.05) is 32.0 Å². The normalized spacial score (nSPS) is 9.39. The predicted molar refractivity (Wildman–Crippen MR) is 294 cm³/mol. The predicted octanol–water partition coefficient (Wildman–Crippen LogP) is 4.64. The fraction of sp³-hybridized carbons (Fsp3) is 0.163. The van der Waals surface area contributed by atoms with E-state index in [0.717, 1.165) is 32.4 Å². The number of nitrogens with zero attached hydrogens (tertiary/aromatic N) is 10. The number of aromatic nitrogens is 6. The molecule has 0 saturated heterocycles. The van der Waals surface area contributed by atoms with Crippen LogP contribution < -0.4 is 39.4 Å². The number of carbonyl (C=O) groups excluding carboxylic acids is 1. The monoisotopic (exact) mass is 1200 g/mol. The van der Waals surface area contributed by atoms with Gasteiger partial charge in [-0.3, -0.25) is 59.4 Å². The molecular formula is C43H54BBr2N17O14. The highest BCUT2D eigenvalue weighted by atomic mass is 79.9. The van der Waals surface area contributed by atoms with Gasteiger partial charge in [0.15, 0.2) is 5.96 Å². The van der Waals surface area contributed by atoms with E-state index in [0.29, 0.717) is 55.7 Å². The molecule has 0 unspecified atom stereocenters. The van der Waals surface area contributed by atoms with Gasteiger partial charge in [-0.1, -0.05) is 15.9 Å². The summed E-state index contributed by atoms with van der Waals surface area (Å²) in [5.74, 6) is -0.333. The third-order valence-electron chi connectivity index (χ3n) is 9.15. The number of nitrogens with two attached hydrogens (primary N) is 5. The lowest BCUT2D eigenvalue weighted by molar-refractivity contribution is -0.742. The Morgan fingerprint density at radius 3 is 1.36 bits per heavy atom. The number of hydrogen-bond donors (Lipinski definition) is 11. The summed E-state index contributed by atoms with van der Waals surface area (Å²) in [4.78, 5) is 58.3. The maximum absolute atomic E-state index is 11.1. The zero-order valence-corrected chi connectivity index (χ0v) is 45.1. The number of amides is 1. The molecule has 0 aliphatic carbocycles. The summed E-state index contributed by atoms with van der Waals surface area (Å²) in [5.41, 5.74) is 34.1. The molecule has 0 fully saturated rings. The van der Waals surface area contributed by atoms with Crippen molar-refractivity contribution in [3.05, 3.63) is 163 Å². The Kier molecular flexibility index (Phi) is 29.2. The molecule has 77 heavy (non-hydrogen) atoms. The molecule has 0 saturated carbocycles. The third-order valence-corrected chi connectivity index (χ3v) is 10.3. The number of anilines is 4. The molecule has 31 nitrogen and oxygen atoms in total. The van der Waals surface area contributed by atoms with E-state index < -0.39 is 27.0 Å². The van der Waals surface area contributed by atoms with E-state index in [9.17, 15) is 35.1 Å². The molecule has 0 spiro atoms. The van der Waals surface area contributed by atoms with E-state index in [1.165, 1.54) is 29.1 Å². The van der Waals surface area contributed by atoms with Gasteiger partial charge in [-0.05, 0) is 102 Å². The number of rotatable bonds is 8. The SMILES string of the molecule is Cc1cc(-c2cnn(C)c2)c([N+](=O)[O-])cc1N.Cc1cc(-c2cnn(C)c2)c([N+](=O)[O-])cc1NC=O.Cc1cc(Br)c([N+](=O)[O-])cc1N.Cc1cc(Br)ccc1N.Cn1cc(B(O)O)cn1.N=C(N)N.O=CO.O=[N+]([O-])O. The lowest BCUT2D eigenvalue weighted by Gasteiger charge is -2.07. The summed E-state index contributed by atoms with van der Waals surface area (Å²) >= 11 is 6.43. The summed E-state index contributed by atoms with van der Waals surface area (Å²) in [7, 11) is 3.81. The Bertz CT molecular complexity index is 3120. The van der Waals surface area contributed by atoms with E-state index >= 15 is 0 Å². The number of halogens is 2. The van der Waals surface area contributed by atoms with Crippen LogP contribution in [0.1, 0.15) is 22.3 Å². The Balaban J connectivity index is 0.000000915. The van der Waals surface area contributed by atoms with Gasteiger partial charge in [0.2, 0.25) is 6.41 Å². The average molecular weight is 1200 g/mol. The molecule has 0 aliphatic rings. The Labute approximate surface area is 454 Å². The molecule has 34 heteroatoms. The second-order valence-corrected chi connectivity index (χ2v) is 16.8. The summed E-state index contributed by atoms with van der Waals surface area (Å²) in [6.07, 6.45) is 10.0. The molecule has 7 rings (SSSR count). The van der Waals surface area contributed by atoms with Gasteiger partial charge in [-0.2, -0.15) is 15.3 Å². The van der Waals surface area contributed by atoms with Crippen LogP contribution in [0.15, 0.2) is 101 Å². The largest absolute Gasteiger partial charge is 0.491 e. The minimum atomic E-state index is -1.50. The van der Waals surface area contributed by atoms with Crippen LogP contribution in [0.2, 0.25) is 0 Å². The molecule has 4 aromatic carbocycles. The van der Waals surface area contributed by atoms with Crippen LogP contribution in [0, 0.1) is 73.6 Å². The maximum atomic E-state index is 11.1. The Hall–Kier alpha value is -9.54. The van der Waals surface area contributed by atoms with Crippen molar-refractivity contribution in [2.75, 3.05) is 22.5 Å². The molecule has 0 bridgehead atoms. The quantitative estimate of drug-likeness (QED) is 0.0188. The van der Waals surface area contributed by atoms with Gasteiger partial charge in [-0.25, -0.2) is 0 Å². The van der Waals surface area contributed by atoms with E-state index in [4.69, 9.17) is 57.9 Å². The van der Waals surface area contributed by atoms with Crippen LogP contribution in [-0.2, 0) is 30.7 Å². The van der Waals surface area contributed by atoms with Gasteiger partial charge in [0.25, 0.3) is 28.6 Å². The van der Waals surface area contributed by atoms with Gasteiger partial charge in [0.05, 0.1) is 48.5 Å². The van der Waals surface area contributed by atoms with Gasteiger partial charge in [-0.15, -0.1) is 10.1 Å². The molecule has 3 aromatic heterocycles. The Morgan fingerprint density at radius 1 is 0.649 bits per heavy atom. The molecule has 3 heterocycles. The highest BCUT2D eigenvalue weighted by Gasteiger charge is 2.20. The van der Waals surface area contributed by atoms with Gasteiger partial charge in [0.1, 0.15) is 0 Å². The molecule has 0 aliphatic heterocycles. The van der Waals surface area contributed by atoms with Crippen LogP contribution in [0.5, 0.6) is 0 Å². The van der Waals surface area contributed by atoms with Crippen molar-refractivity contribution in [3.63, 3.8) is 0 Å². The lowest BCUT2D eigenvalue weighted by atomic mass is 9.83. The van der Waals surface area contributed by atoms with E-state index in [1.54, 1.807) is 93.5 Å². The first-order valence-corrected chi connectivity index (χ1v) is 22.5. The molecule has 1 amide bonds. The number of carboxylic acid groups (broad SMARTS) is 1. The van der Waals surface area contributed by atoms with Crippen LogP contribution in [0.3, 0.4) is 0 Å². The summed E-state index contributed by atoms with van der Waals surface area (Å²) in [5, 5.41) is 90.4. The van der Waals surface area contributed by atoms with Crippen LogP contribution in [-0.4, -0.2) is 95.5 Å². The lowest BCUT2D eigenvalue weighted by Crippen LogP contribution is -2.28. The maximum Gasteiger partial charge on any atom is 0.491 e. The molecular weight excluding hydrogens is 1150 g/mol. The van der Waals surface area contributed by atoms with Gasteiger partial charge in [0, 0.05) is 102 Å². The van der Waals surface area contributed by atoms with Gasteiger partial charge < -0.3 is 54.3 Å². The third kappa shape index (κ3) is 24.8. The first-order valence-electron chi connectivity index (χ1n) is 20.9. The number of benzene rings is 4. The van der Waals surface area contributed by atoms with E-state index in [2.05, 4.69) is 63.9 Å². The second-order valence-electron chi connectivity index (χ2n) is 15.0. The fourth-order valence-corrected chi connectivity index (χ4v) is 6.62. The average Bonchev–Trinajstić information content (AvgIpc) is 4.09. The van der Waals surface area contributed by atoms with Crippen molar-refractivity contribution in [1.29, 1.82) is 5.41 Å². The van der Waals surface area contributed by atoms with Crippen LogP contribution in [0.4, 0.5) is 39.8 Å². The number of nitro benzene ring substituents is 3. The molecule has 412 valence electrons. The number of hydrogen-bond acceptors (Lipinski definition) is 19. The zero-order chi connectivity index (χ0) is 59.4. The van der Waals surface area contributed by atoms with Crippen molar-refractivity contribution in [3.8, 4) is 22.3 Å². The summed E-state index contributed by atoms with van der Waals surface area (Å²) < 4.78 is 6.22. The first kappa shape index (κ1) is 67.5. The minimum Gasteiger partial charge on any atom is -0.483 e. The number of carbonyl (C=O) groups is 2. The van der Waals surface area contributed by atoms with Crippen molar-refractivity contribution in [2.24, 2.45) is 32.6 Å². The number of aryl methyl sites for hydroxylation is 7. The molecule has 0 atom stereocenters. The highest BCUT2D eigenvalue weighted by Crippen LogP contribution is 2.35. The van der Waals surface area contributed by atoms with Crippen LogP contribution in [0.25, 0.3) is 22.3 Å². The van der Waals surface area contributed by atoms with Crippen molar-refractivity contribution in [1.82, 2.24) is 29.3 Å². The van der Waals surface area contributed by atoms with Crippen molar-refractivity contribution >= 4 is 103 Å².